The van der Waals surface area contributed by atoms with E-state index in [-0.39, 0.29) is 22.5 Å². The maximum atomic E-state index is 13.9. The van der Waals surface area contributed by atoms with Crippen molar-refractivity contribution < 1.29 is 9.18 Å². The monoisotopic (exact) mass is 360 g/mol. The van der Waals surface area contributed by atoms with E-state index in [4.69, 9.17) is 11.6 Å². The van der Waals surface area contributed by atoms with Gasteiger partial charge >= 0.3 is 0 Å². The van der Waals surface area contributed by atoms with Crippen molar-refractivity contribution in [2.24, 2.45) is 5.92 Å². The highest BCUT2D eigenvalue weighted by Gasteiger charge is 2.28. The molecule has 0 radical (unpaired) electrons. The Kier molecular flexibility index (Phi) is 5.71. The molecule has 0 saturated carbocycles. The van der Waals surface area contributed by atoms with Gasteiger partial charge in [0.1, 0.15) is 5.82 Å². The lowest BCUT2D eigenvalue weighted by molar-refractivity contribution is 0.0923. The van der Waals surface area contributed by atoms with Crippen LogP contribution in [0.3, 0.4) is 0 Å². The Balaban J connectivity index is 1.55. The number of benzene rings is 2. The Morgan fingerprint density at radius 2 is 2.08 bits per heavy atom. The van der Waals surface area contributed by atoms with Gasteiger partial charge in [-0.15, -0.1) is 0 Å². The first kappa shape index (κ1) is 17.9. The van der Waals surface area contributed by atoms with Gasteiger partial charge in [0.05, 0.1) is 5.56 Å². The maximum Gasteiger partial charge on any atom is 0.254 e. The van der Waals surface area contributed by atoms with Crippen LogP contribution in [0.15, 0.2) is 48.5 Å². The second-order valence-electron chi connectivity index (χ2n) is 6.66. The van der Waals surface area contributed by atoms with Crippen LogP contribution in [0.4, 0.5) is 4.39 Å². The van der Waals surface area contributed by atoms with Crippen molar-refractivity contribution in [1.82, 2.24) is 10.2 Å². The predicted octanol–water partition coefficient (Wildman–Crippen LogP) is 4.12. The van der Waals surface area contributed by atoms with Crippen molar-refractivity contribution in [3.8, 4) is 0 Å². The highest BCUT2D eigenvalue weighted by molar-refractivity contribution is 6.30. The van der Waals surface area contributed by atoms with Crippen molar-refractivity contribution in [3.63, 3.8) is 0 Å². The van der Waals surface area contributed by atoms with E-state index < -0.39 is 5.82 Å². The molecule has 2 aromatic rings. The zero-order chi connectivity index (χ0) is 17.8. The van der Waals surface area contributed by atoms with Crippen molar-refractivity contribution in [2.45, 2.75) is 25.9 Å². The molecule has 0 spiro atoms. The zero-order valence-electron chi connectivity index (χ0n) is 14.2. The third-order valence-corrected chi connectivity index (χ3v) is 5.03. The van der Waals surface area contributed by atoms with Crippen LogP contribution in [0.1, 0.15) is 29.3 Å². The van der Waals surface area contributed by atoms with Crippen LogP contribution in [0.2, 0.25) is 5.02 Å². The molecule has 1 amide bonds. The highest BCUT2D eigenvalue weighted by atomic mass is 35.5. The van der Waals surface area contributed by atoms with E-state index in [1.807, 2.05) is 25.1 Å². The summed E-state index contributed by atoms with van der Waals surface area (Å²) in [6.45, 7) is 4.85. The van der Waals surface area contributed by atoms with Gasteiger partial charge in [-0.3, -0.25) is 9.69 Å². The van der Waals surface area contributed by atoms with Crippen LogP contribution < -0.4 is 5.32 Å². The first-order valence-electron chi connectivity index (χ1n) is 8.55. The lowest BCUT2D eigenvalue weighted by Crippen LogP contribution is -2.39. The second kappa shape index (κ2) is 7.98. The fourth-order valence-corrected chi connectivity index (χ4v) is 3.49. The molecule has 1 saturated heterocycles. The number of hydrogen-bond acceptors (Lipinski definition) is 2. The summed E-state index contributed by atoms with van der Waals surface area (Å²) in [5, 5.41) is 3.22. The van der Waals surface area contributed by atoms with E-state index in [2.05, 4.69) is 22.3 Å². The highest BCUT2D eigenvalue weighted by Crippen LogP contribution is 2.22. The Hall–Kier alpha value is -1.91. The molecule has 25 heavy (non-hydrogen) atoms. The number of rotatable bonds is 5. The van der Waals surface area contributed by atoms with E-state index in [1.165, 1.54) is 17.7 Å². The van der Waals surface area contributed by atoms with E-state index in [0.717, 1.165) is 32.1 Å². The molecule has 5 heteroatoms. The predicted molar refractivity (Wildman–Crippen MR) is 98.2 cm³/mol. The van der Waals surface area contributed by atoms with Crippen LogP contribution in [0, 0.1) is 11.7 Å². The number of hydrogen-bond donors (Lipinski definition) is 1. The molecular formula is C20H22ClFN2O. The summed E-state index contributed by atoms with van der Waals surface area (Å²) < 4.78 is 13.9. The molecule has 3 nitrogen and oxygen atoms in total. The van der Waals surface area contributed by atoms with Crippen molar-refractivity contribution in [1.29, 1.82) is 0 Å². The molecule has 1 heterocycles. The normalized spacial score (nSPS) is 18.9. The van der Waals surface area contributed by atoms with E-state index in [0.29, 0.717) is 5.92 Å². The summed E-state index contributed by atoms with van der Waals surface area (Å²) in [5.74, 6) is -0.611. The third kappa shape index (κ3) is 4.59. The minimum absolute atomic E-state index is 0.0108. The van der Waals surface area contributed by atoms with Gasteiger partial charge in [-0.25, -0.2) is 4.39 Å². The van der Waals surface area contributed by atoms with Gasteiger partial charge in [0.25, 0.3) is 5.91 Å². The number of nitrogens with zero attached hydrogens (tertiary/aromatic N) is 1. The molecule has 3 rings (SSSR count). The lowest BCUT2D eigenvalue weighted by Gasteiger charge is -2.22. The molecule has 132 valence electrons. The summed E-state index contributed by atoms with van der Waals surface area (Å²) in [6, 6.07) is 14.5. The third-order valence-electron chi connectivity index (χ3n) is 4.80. The summed E-state index contributed by atoms with van der Waals surface area (Å²) in [5.41, 5.74) is 1.33. The van der Waals surface area contributed by atoms with Crippen LogP contribution in [0.5, 0.6) is 0 Å². The first-order valence-corrected chi connectivity index (χ1v) is 8.93. The molecule has 0 aliphatic carbocycles. The molecule has 1 aliphatic heterocycles. The number of carbonyl (C=O) groups is 1. The Labute approximate surface area is 152 Å². The topological polar surface area (TPSA) is 32.3 Å². The fourth-order valence-electron chi connectivity index (χ4n) is 3.33. The van der Waals surface area contributed by atoms with Crippen molar-refractivity contribution >= 4 is 17.5 Å². The summed E-state index contributed by atoms with van der Waals surface area (Å²) in [4.78, 5) is 14.7. The van der Waals surface area contributed by atoms with E-state index in [1.54, 1.807) is 0 Å². The SMILES string of the molecule is C[C@H](NC(=O)c1ccc(Cl)cc1F)[C@H]1CCN(Cc2ccccc2)C1. The zero-order valence-corrected chi connectivity index (χ0v) is 15.0. The molecule has 2 atom stereocenters. The maximum absolute atomic E-state index is 13.9. The largest absolute Gasteiger partial charge is 0.349 e. The number of amides is 1. The molecule has 0 aromatic heterocycles. The van der Waals surface area contributed by atoms with E-state index >= 15 is 0 Å². The van der Waals surface area contributed by atoms with Gasteiger partial charge in [-0.05, 0) is 49.6 Å². The van der Waals surface area contributed by atoms with Crippen LogP contribution in [-0.2, 0) is 6.54 Å². The minimum atomic E-state index is -0.589. The van der Waals surface area contributed by atoms with Crippen LogP contribution in [-0.4, -0.2) is 29.9 Å². The second-order valence-corrected chi connectivity index (χ2v) is 7.09. The average molecular weight is 361 g/mol. The van der Waals surface area contributed by atoms with Gasteiger partial charge in [-0.1, -0.05) is 41.9 Å². The molecule has 1 N–H and O–H groups in total. The molecular weight excluding hydrogens is 339 g/mol. The van der Waals surface area contributed by atoms with Crippen molar-refractivity contribution in [3.05, 3.63) is 70.5 Å². The van der Waals surface area contributed by atoms with Gasteiger partial charge in [-0.2, -0.15) is 0 Å². The smallest absolute Gasteiger partial charge is 0.254 e. The number of likely N-dealkylation sites (tertiary alicyclic amines) is 1. The van der Waals surface area contributed by atoms with Gasteiger partial charge in [0, 0.05) is 24.2 Å². The van der Waals surface area contributed by atoms with Gasteiger partial charge < -0.3 is 5.32 Å². The quantitative estimate of drug-likeness (QED) is 0.869. The Bertz CT molecular complexity index is 738. The molecule has 0 bridgehead atoms. The molecule has 2 aromatic carbocycles. The van der Waals surface area contributed by atoms with Gasteiger partial charge in [0.2, 0.25) is 0 Å². The number of carbonyl (C=O) groups excluding carboxylic acids is 1. The van der Waals surface area contributed by atoms with Gasteiger partial charge in [0.15, 0.2) is 0 Å². The average Bonchev–Trinajstić information content (AvgIpc) is 3.04. The van der Waals surface area contributed by atoms with Crippen LogP contribution >= 0.6 is 11.6 Å². The first-order chi connectivity index (χ1) is 12.0. The molecule has 1 aliphatic rings. The number of nitrogens with one attached hydrogen (secondary N) is 1. The van der Waals surface area contributed by atoms with Crippen LogP contribution in [0.25, 0.3) is 0 Å². The lowest BCUT2D eigenvalue weighted by atomic mass is 10.00. The molecule has 0 unspecified atom stereocenters. The number of halogens is 2. The fraction of sp³-hybridized carbons (Fsp3) is 0.350. The molecule has 1 fully saturated rings. The minimum Gasteiger partial charge on any atom is -0.349 e. The summed E-state index contributed by atoms with van der Waals surface area (Å²) >= 11 is 5.74. The Morgan fingerprint density at radius 3 is 2.80 bits per heavy atom. The Morgan fingerprint density at radius 1 is 1.32 bits per heavy atom. The summed E-state index contributed by atoms with van der Waals surface area (Å²) in [7, 11) is 0. The summed E-state index contributed by atoms with van der Waals surface area (Å²) in [6.07, 6.45) is 1.03. The van der Waals surface area contributed by atoms with Crippen molar-refractivity contribution in [2.75, 3.05) is 13.1 Å². The van der Waals surface area contributed by atoms with E-state index in [9.17, 15) is 9.18 Å². The standard InChI is InChI=1S/C20H22ClFN2O/c1-14(23-20(25)18-8-7-17(21)11-19(18)22)16-9-10-24(13-16)12-15-5-3-2-4-6-15/h2-8,11,14,16H,9-10,12-13H2,1H3,(H,23,25)/t14-,16-/m0/s1.